The van der Waals surface area contributed by atoms with Crippen molar-refractivity contribution in [3.05, 3.63) is 28.7 Å². The van der Waals surface area contributed by atoms with Gasteiger partial charge >= 0.3 is 12.3 Å². The second-order valence-corrected chi connectivity index (χ2v) is 14.5. The number of nitrogens with zero attached hydrogens (tertiary/aromatic N) is 1. The lowest BCUT2D eigenvalue weighted by molar-refractivity contribution is -0.276. The van der Waals surface area contributed by atoms with Crippen molar-refractivity contribution in [2.75, 3.05) is 0 Å². The molecule has 9 nitrogen and oxygen atoms in total. The quantitative estimate of drug-likeness (QED) is 0.304. The minimum absolute atomic E-state index is 0.0571. The number of carbonyl (C=O) groups is 2. The number of aromatic nitrogens is 1. The number of halogens is 4. The number of thiazole rings is 1. The van der Waals surface area contributed by atoms with Crippen LogP contribution in [0.4, 0.5) is 17.6 Å². The summed E-state index contributed by atoms with van der Waals surface area (Å²) in [5.41, 5.74) is -1.14. The zero-order valence-corrected chi connectivity index (χ0v) is 24.9. The number of hydrogen-bond acceptors (Lipinski definition) is 7. The van der Waals surface area contributed by atoms with Gasteiger partial charge in [0, 0.05) is 17.1 Å². The minimum atomic E-state index is -5.40. The van der Waals surface area contributed by atoms with E-state index >= 15 is 4.39 Å². The normalized spacial score (nSPS) is 20.2. The lowest BCUT2D eigenvalue weighted by Gasteiger charge is -2.32. The molecule has 1 heterocycles. The summed E-state index contributed by atoms with van der Waals surface area (Å²) in [6, 6.07) is 1.52. The maximum absolute atomic E-state index is 16.0. The molecule has 4 rings (SSSR count). The van der Waals surface area contributed by atoms with Crippen molar-refractivity contribution in [3.63, 3.8) is 0 Å². The first-order valence-electron chi connectivity index (χ1n) is 13.6. The van der Waals surface area contributed by atoms with Crippen LogP contribution >= 0.6 is 11.3 Å². The summed E-state index contributed by atoms with van der Waals surface area (Å²) in [5, 5.41) is 11.7. The third-order valence-electron chi connectivity index (χ3n) is 7.17. The number of sulfonamides is 1. The zero-order valence-electron chi connectivity index (χ0n) is 23.3. The van der Waals surface area contributed by atoms with Crippen molar-refractivity contribution in [1.29, 1.82) is 0 Å². The van der Waals surface area contributed by atoms with Gasteiger partial charge in [-0.2, -0.15) is 0 Å². The Hall–Kier alpha value is -2.78. The van der Waals surface area contributed by atoms with Gasteiger partial charge in [0.05, 0.1) is 16.5 Å². The average Bonchev–Trinajstić information content (AvgIpc) is 3.23. The smallest absolute Gasteiger partial charge is 0.481 e. The fourth-order valence-electron chi connectivity index (χ4n) is 5.24. The van der Waals surface area contributed by atoms with Gasteiger partial charge in [0.1, 0.15) is 4.90 Å². The number of nitrogens with one attached hydrogen (secondary N) is 2. The number of ether oxygens (including phenoxy) is 1. The van der Waals surface area contributed by atoms with E-state index in [-0.39, 0.29) is 40.2 Å². The van der Waals surface area contributed by atoms with Crippen LogP contribution < -0.4 is 14.8 Å². The van der Waals surface area contributed by atoms with E-state index < -0.39 is 56.2 Å². The lowest BCUT2D eigenvalue weighted by Crippen LogP contribution is -2.46. The van der Waals surface area contributed by atoms with Gasteiger partial charge in [-0.3, -0.25) is 9.59 Å². The number of hydrogen-bond donors (Lipinski definition) is 3. The Morgan fingerprint density at radius 3 is 2.33 bits per heavy atom. The highest BCUT2D eigenvalue weighted by Gasteiger charge is 2.39. The molecular weight excluding hydrogens is 602 g/mol. The van der Waals surface area contributed by atoms with Crippen LogP contribution in [0, 0.1) is 17.7 Å². The van der Waals surface area contributed by atoms with Crippen LogP contribution in [0.5, 0.6) is 5.75 Å². The topological polar surface area (TPSA) is 135 Å². The van der Waals surface area contributed by atoms with Crippen LogP contribution in [0.25, 0.3) is 10.4 Å². The second kappa shape index (κ2) is 12.1. The van der Waals surface area contributed by atoms with E-state index in [0.29, 0.717) is 12.1 Å². The number of carboxylic acids is 1. The van der Waals surface area contributed by atoms with Crippen LogP contribution in [0.2, 0.25) is 0 Å². The van der Waals surface area contributed by atoms with Gasteiger partial charge in [-0.25, -0.2) is 22.5 Å². The lowest BCUT2D eigenvalue weighted by atomic mass is 9.80. The summed E-state index contributed by atoms with van der Waals surface area (Å²) >= 11 is 0.776. The SMILES string of the molecule is CC(C)(C)NS(=O)(=O)c1ccc(-c2sc(C(=O)NC3CC(C(=O)O)C3)nc2CC2CCCCC2)c(F)c1OC(F)(F)F. The Morgan fingerprint density at radius 1 is 1.12 bits per heavy atom. The highest BCUT2D eigenvalue weighted by molar-refractivity contribution is 7.89. The Balaban J connectivity index is 1.76. The van der Waals surface area contributed by atoms with E-state index in [1.165, 1.54) is 20.8 Å². The first kappa shape index (κ1) is 32.1. The Morgan fingerprint density at radius 2 is 1.76 bits per heavy atom. The molecule has 0 atom stereocenters. The summed E-state index contributed by atoms with van der Waals surface area (Å²) in [6.45, 7) is 4.44. The van der Waals surface area contributed by atoms with Crippen LogP contribution in [-0.2, 0) is 21.2 Å². The van der Waals surface area contributed by atoms with Crippen molar-refractivity contribution in [1.82, 2.24) is 15.0 Å². The number of amides is 1. The van der Waals surface area contributed by atoms with E-state index in [4.69, 9.17) is 5.11 Å². The van der Waals surface area contributed by atoms with E-state index in [9.17, 15) is 31.2 Å². The molecule has 2 aromatic rings. The minimum Gasteiger partial charge on any atom is -0.481 e. The molecule has 2 saturated carbocycles. The van der Waals surface area contributed by atoms with Gasteiger partial charge in [-0.15, -0.1) is 24.5 Å². The summed E-state index contributed by atoms with van der Waals surface area (Å²) in [4.78, 5) is 27.6. The fraction of sp³-hybridized carbons (Fsp3) is 0.593. The van der Waals surface area contributed by atoms with E-state index in [0.717, 1.165) is 55.6 Å². The van der Waals surface area contributed by atoms with Crippen LogP contribution in [0.3, 0.4) is 0 Å². The van der Waals surface area contributed by atoms with Crippen molar-refractivity contribution in [2.24, 2.45) is 11.8 Å². The highest BCUT2D eigenvalue weighted by atomic mass is 32.2. The molecule has 1 amide bonds. The van der Waals surface area contributed by atoms with E-state index in [1.54, 1.807) is 0 Å². The van der Waals surface area contributed by atoms with Gasteiger partial charge in [0.2, 0.25) is 10.0 Å². The third kappa shape index (κ3) is 7.78. The molecule has 0 saturated heterocycles. The molecule has 1 aromatic carbocycles. The number of benzene rings is 1. The summed E-state index contributed by atoms with van der Waals surface area (Å²) < 4.78 is 88.2. The zero-order chi connectivity index (χ0) is 31.0. The molecule has 0 aliphatic heterocycles. The number of carboxylic acid groups (broad SMARTS) is 1. The molecule has 1 aromatic heterocycles. The van der Waals surface area contributed by atoms with Crippen molar-refractivity contribution in [2.45, 2.75) is 95.0 Å². The molecule has 2 fully saturated rings. The molecule has 42 heavy (non-hydrogen) atoms. The molecule has 2 aliphatic carbocycles. The van der Waals surface area contributed by atoms with Crippen LogP contribution in [0.15, 0.2) is 17.0 Å². The molecular formula is C27H33F4N3O6S2. The predicted octanol–water partition coefficient (Wildman–Crippen LogP) is 5.64. The molecule has 0 radical (unpaired) electrons. The van der Waals surface area contributed by atoms with Crippen LogP contribution in [0.1, 0.15) is 81.2 Å². The van der Waals surface area contributed by atoms with Crippen molar-refractivity contribution < 1.29 is 45.4 Å². The van der Waals surface area contributed by atoms with Gasteiger partial charge in [-0.1, -0.05) is 32.1 Å². The molecule has 0 unspecified atom stereocenters. The number of aliphatic carboxylic acids is 1. The maximum Gasteiger partial charge on any atom is 0.573 e. The number of alkyl halides is 3. The Labute approximate surface area is 245 Å². The van der Waals surface area contributed by atoms with Gasteiger partial charge < -0.3 is 15.2 Å². The van der Waals surface area contributed by atoms with Crippen molar-refractivity contribution >= 4 is 33.2 Å². The van der Waals surface area contributed by atoms with E-state index in [1.807, 2.05) is 0 Å². The Bertz CT molecular complexity index is 1440. The molecule has 0 bridgehead atoms. The predicted molar refractivity (Wildman–Crippen MR) is 146 cm³/mol. The Kier molecular flexibility index (Phi) is 9.24. The summed E-state index contributed by atoms with van der Waals surface area (Å²) in [7, 11) is -4.64. The fourth-order valence-corrected chi connectivity index (χ4v) is 7.79. The monoisotopic (exact) mass is 635 g/mol. The second-order valence-electron chi connectivity index (χ2n) is 11.8. The van der Waals surface area contributed by atoms with E-state index in [2.05, 4.69) is 19.8 Å². The molecule has 0 spiro atoms. The third-order valence-corrected chi connectivity index (χ3v) is 10.1. The van der Waals surface area contributed by atoms with Gasteiger partial charge in [0.25, 0.3) is 5.91 Å². The number of carbonyl (C=O) groups excluding carboxylic acids is 1. The molecule has 2 aliphatic rings. The molecule has 232 valence electrons. The average molecular weight is 636 g/mol. The molecule has 3 N–H and O–H groups in total. The standard InChI is InChI=1S/C27H33F4N3O6S2/c1-26(2,3)34-42(38,39)19-10-9-17(20(28)21(19)40-27(29,30)31)22-18(11-14-7-5-4-6-8-14)33-24(41-22)23(35)32-16-12-15(13-16)25(36)37/h9-10,14-16,34H,4-8,11-13H2,1-3H3,(H,32,35)(H,36,37). The van der Waals surface area contributed by atoms with Gasteiger partial charge in [0.15, 0.2) is 16.6 Å². The van der Waals surface area contributed by atoms with Gasteiger partial charge in [-0.05, 0) is 58.1 Å². The number of rotatable bonds is 9. The van der Waals surface area contributed by atoms with Crippen LogP contribution in [-0.4, -0.2) is 48.3 Å². The highest BCUT2D eigenvalue weighted by Crippen LogP contribution is 2.42. The summed E-state index contributed by atoms with van der Waals surface area (Å²) in [6.07, 6.45) is 0.229. The van der Waals surface area contributed by atoms with Crippen molar-refractivity contribution in [3.8, 4) is 16.2 Å². The largest absolute Gasteiger partial charge is 0.573 e. The maximum atomic E-state index is 16.0. The first-order valence-corrected chi connectivity index (χ1v) is 15.9. The first-order chi connectivity index (χ1) is 19.4. The summed E-state index contributed by atoms with van der Waals surface area (Å²) in [5.74, 6) is -5.01. The molecule has 15 heteroatoms.